The van der Waals surface area contributed by atoms with Gasteiger partial charge in [0.25, 0.3) is 5.56 Å². The van der Waals surface area contributed by atoms with Crippen LogP contribution in [0, 0.1) is 0 Å². The monoisotopic (exact) mass is 486 g/mol. The first-order valence-corrected chi connectivity index (χ1v) is 12.2. The van der Waals surface area contributed by atoms with Crippen molar-refractivity contribution < 1.29 is 4.79 Å². The lowest BCUT2D eigenvalue weighted by molar-refractivity contribution is -0.121. The number of aryl methyl sites for hydroxylation is 1. The highest BCUT2D eigenvalue weighted by Crippen LogP contribution is 2.20. The van der Waals surface area contributed by atoms with E-state index in [0.29, 0.717) is 24.9 Å². The van der Waals surface area contributed by atoms with E-state index in [1.807, 2.05) is 40.9 Å². The zero-order chi connectivity index (χ0) is 21.6. The molecule has 3 heterocycles. The fraction of sp³-hybridized carbons (Fsp3) is 0.500. The van der Waals surface area contributed by atoms with Crippen molar-refractivity contribution in [2.24, 2.45) is 0 Å². The number of hydrogen-bond acceptors (Lipinski definition) is 3. The first-order valence-electron chi connectivity index (χ1n) is 11.4. The Morgan fingerprint density at radius 2 is 1.77 bits per heavy atom. The van der Waals surface area contributed by atoms with Crippen molar-refractivity contribution in [3.8, 4) is 0 Å². The highest BCUT2D eigenvalue weighted by Gasteiger charge is 2.12. The lowest BCUT2D eigenvalue weighted by atomic mass is 10.2. The van der Waals surface area contributed by atoms with Gasteiger partial charge in [0.05, 0.1) is 11.0 Å². The van der Waals surface area contributed by atoms with Gasteiger partial charge in [0.15, 0.2) is 0 Å². The smallest absolute Gasteiger partial charge is 0.275 e. The third-order valence-corrected chi connectivity index (χ3v) is 6.65. The number of hydrogen-bond donors (Lipinski definition) is 1. The Morgan fingerprint density at radius 1 is 0.968 bits per heavy atom. The summed E-state index contributed by atoms with van der Waals surface area (Å²) < 4.78 is 4.65. The van der Waals surface area contributed by atoms with Crippen LogP contribution in [-0.2, 0) is 11.3 Å². The number of carbonyl (C=O) groups is 1. The van der Waals surface area contributed by atoms with E-state index in [1.165, 1.54) is 38.8 Å². The van der Waals surface area contributed by atoms with Crippen LogP contribution in [0.15, 0.2) is 45.8 Å². The Morgan fingerprint density at radius 3 is 2.58 bits per heavy atom. The zero-order valence-corrected chi connectivity index (χ0v) is 19.6. The second-order valence-corrected chi connectivity index (χ2v) is 9.33. The van der Waals surface area contributed by atoms with Gasteiger partial charge in [-0.2, -0.15) is 0 Å². The molecule has 1 aliphatic heterocycles. The van der Waals surface area contributed by atoms with E-state index in [4.69, 9.17) is 0 Å². The summed E-state index contributed by atoms with van der Waals surface area (Å²) in [5.41, 5.74) is 2.50. The first kappa shape index (κ1) is 22.1. The molecule has 2 aromatic heterocycles. The van der Waals surface area contributed by atoms with Crippen molar-refractivity contribution >= 4 is 38.4 Å². The van der Waals surface area contributed by atoms with Crippen molar-refractivity contribution in [1.82, 2.24) is 19.2 Å². The summed E-state index contributed by atoms with van der Waals surface area (Å²) >= 11 is 3.51. The normalized spacial score (nSPS) is 15.4. The largest absolute Gasteiger partial charge is 0.356 e. The van der Waals surface area contributed by atoms with Crippen LogP contribution >= 0.6 is 15.9 Å². The number of rotatable bonds is 8. The molecule has 4 rings (SSSR count). The molecule has 0 saturated carbocycles. The van der Waals surface area contributed by atoms with Gasteiger partial charge in [-0.3, -0.25) is 9.59 Å². The van der Waals surface area contributed by atoms with Crippen LogP contribution in [-0.4, -0.2) is 46.0 Å². The molecule has 0 bridgehead atoms. The second-order valence-electron chi connectivity index (χ2n) is 8.42. The Bertz CT molecular complexity index is 1100. The standard InChI is InChI=1S/C24H31BrN4O2/c25-19-10-11-20-22(18-19)29(24(31)21-8-5-16-28(20)21)17-6-9-23(30)26-12-7-15-27-13-3-1-2-4-14-27/h5,8,10-11,16,18H,1-4,6-7,9,12-15,17H2,(H,26,30). The number of likely N-dealkylation sites (tertiary alicyclic amines) is 1. The molecule has 6 nitrogen and oxygen atoms in total. The number of nitrogens with zero attached hydrogens (tertiary/aromatic N) is 3. The van der Waals surface area contributed by atoms with Crippen LogP contribution in [0.2, 0.25) is 0 Å². The lowest BCUT2D eigenvalue weighted by Gasteiger charge is -2.19. The minimum absolute atomic E-state index is 0.0199. The van der Waals surface area contributed by atoms with E-state index in [0.717, 1.165) is 35.0 Å². The van der Waals surface area contributed by atoms with E-state index in [2.05, 4.69) is 26.1 Å². The Hall–Kier alpha value is -2.12. The van der Waals surface area contributed by atoms with Crippen LogP contribution in [0.3, 0.4) is 0 Å². The van der Waals surface area contributed by atoms with Gasteiger partial charge in [0.2, 0.25) is 5.91 Å². The van der Waals surface area contributed by atoms with Gasteiger partial charge in [-0.05, 0) is 75.6 Å². The number of halogens is 1. The van der Waals surface area contributed by atoms with Crippen molar-refractivity contribution in [1.29, 1.82) is 0 Å². The first-order chi connectivity index (χ1) is 15.1. The predicted octanol–water partition coefficient (Wildman–Crippen LogP) is 4.18. The molecular weight excluding hydrogens is 456 g/mol. The Kier molecular flexibility index (Phi) is 7.45. The molecule has 0 unspecified atom stereocenters. The minimum atomic E-state index is -0.0199. The highest BCUT2D eigenvalue weighted by atomic mass is 79.9. The number of carbonyl (C=O) groups excluding carboxylic acids is 1. The van der Waals surface area contributed by atoms with Crippen LogP contribution in [0.1, 0.15) is 44.9 Å². The Labute approximate surface area is 191 Å². The molecule has 31 heavy (non-hydrogen) atoms. The van der Waals surface area contributed by atoms with Crippen LogP contribution in [0.5, 0.6) is 0 Å². The van der Waals surface area contributed by atoms with Crippen molar-refractivity contribution in [3.63, 3.8) is 0 Å². The van der Waals surface area contributed by atoms with Gasteiger partial charge in [-0.1, -0.05) is 28.8 Å². The lowest BCUT2D eigenvalue weighted by Crippen LogP contribution is -2.30. The molecule has 1 fully saturated rings. The molecule has 166 valence electrons. The Balaban J connectivity index is 1.31. The summed E-state index contributed by atoms with van der Waals surface area (Å²) in [6.45, 7) is 4.70. The van der Waals surface area contributed by atoms with Crippen LogP contribution in [0.25, 0.3) is 16.6 Å². The molecule has 7 heteroatoms. The van der Waals surface area contributed by atoms with E-state index in [-0.39, 0.29) is 11.5 Å². The van der Waals surface area contributed by atoms with Crippen LogP contribution < -0.4 is 10.9 Å². The number of benzene rings is 1. The second kappa shape index (κ2) is 10.5. The predicted molar refractivity (Wildman–Crippen MR) is 129 cm³/mol. The molecule has 0 spiro atoms. The van der Waals surface area contributed by atoms with Gasteiger partial charge in [0, 0.05) is 30.2 Å². The number of nitrogens with one attached hydrogen (secondary N) is 1. The van der Waals surface area contributed by atoms with E-state index < -0.39 is 0 Å². The molecule has 1 amide bonds. The van der Waals surface area contributed by atoms with Gasteiger partial charge in [0.1, 0.15) is 5.52 Å². The summed E-state index contributed by atoms with van der Waals surface area (Å²) in [6.07, 6.45) is 9.26. The fourth-order valence-corrected chi connectivity index (χ4v) is 4.88. The van der Waals surface area contributed by atoms with Crippen molar-refractivity contribution in [2.75, 3.05) is 26.2 Å². The molecule has 0 aliphatic carbocycles. The van der Waals surface area contributed by atoms with Crippen LogP contribution in [0.4, 0.5) is 0 Å². The quantitative estimate of drug-likeness (QED) is 0.485. The van der Waals surface area contributed by atoms with Crippen molar-refractivity contribution in [2.45, 2.75) is 51.5 Å². The highest BCUT2D eigenvalue weighted by molar-refractivity contribution is 9.10. The molecule has 0 atom stereocenters. The van der Waals surface area contributed by atoms with Gasteiger partial charge >= 0.3 is 0 Å². The maximum Gasteiger partial charge on any atom is 0.275 e. The van der Waals surface area contributed by atoms with Gasteiger partial charge in [-0.15, -0.1) is 0 Å². The average Bonchev–Trinajstić information content (AvgIpc) is 3.11. The SMILES string of the molecule is O=C(CCCn1c(=O)c2cccn2c2ccc(Br)cc21)NCCCN1CCCCCC1. The molecular formula is C24H31BrN4O2. The minimum Gasteiger partial charge on any atom is -0.356 e. The maximum atomic E-state index is 13.0. The number of fused-ring (bicyclic) bond motifs is 3. The summed E-state index contributed by atoms with van der Waals surface area (Å²) in [5, 5.41) is 3.05. The molecule has 3 aromatic rings. The fourth-order valence-electron chi connectivity index (χ4n) is 4.53. The van der Waals surface area contributed by atoms with Gasteiger partial charge < -0.3 is 19.2 Å². The number of aromatic nitrogens is 2. The third kappa shape index (κ3) is 5.39. The van der Waals surface area contributed by atoms with E-state index >= 15 is 0 Å². The molecule has 1 saturated heterocycles. The maximum absolute atomic E-state index is 13.0. The average molecular weight is 487 g/mol. The summed E-state index contributed by atoms with van der Waals surface area (Å²) in [5.74, 6) is 0.0677. The topological polar surface area (TPSA) is 58.8 Å². The van der Waals surface area contributed by atoms with E-state index in [1.54, 1.807) is 4.57 Å². The van der Waals surface area contributed by atoms with Gasteiger partial charge in [-0.25, -0.2) is 0 Å². The number of amides is 1. The summed E-state index contributed by atoms with van der Waals surface area (Å²) in [7, 11) is 0. The summed E-state index contributed by atoms with van der Waals surface area (Å²) in [4.78, 5) is 27.8. The molecule has 1 aliphatic rings. The molecule has 1 N–H and O–H groups in total. The third-order valence-electron chi connectivity index (χ3n) is 6.16. The molecule has 0 radical (unpaired) electrons. The van der Waals surface area contributed by atoms with E-state index in [9.17, 15) is 9.59 Å². The molecule has 1 aromatic carbocycles. The van der Waals surface area contributed by atoms with Crippen molar-refractivity contribution in [3.05, 3.63) is 51.4 Å². The summed E-state index contributed by atoms with van der Waals surface area (Å²) in [6, 6.07) is 9.70. The zero-order valence-electron chi connectivity index (χ0n) is 18.0.